The van der Waals surface area contributed by atoms with E-state index in [0.29, 0.717) is 6.79 Å². The fraction of sp³-hybridized carbons (Fsp3) is 0.286. The van der Waals surface area contributed by atoms with Crippen molar-refractivity contribution in [3.63, 3.8) is 0 Å². The van der Waals surface area contributed by atoms with Gasteiger partial charge in [0.1, 0.15) is 0 Å². The smallest absolute Gasteiger partial charge is 0.231 e. The molecule has 0 spiro atoms. The van der Waals surface area contributed by atoms with Gasteiger partial charge in [-0.15, -0.1) is 0 Å². The summed E-state index contributed by atoms with van der Waals surface area (Å²) in [6, 6.07) is 26.0. The van der Waals surface area contributed by atoms with Crippen LogP contribution < -0.4 is 9.47 Å². The van der Waals surface area contributed by atoms with E-state index in [1.165, 1.54) is 33.3 Å². The summed E-state index contributed by atoms with van der Waals surface area (Å²) in [5.41, 5.74) is 6.42. The Morgan fingerprint density at radius 1 is 0.848 bits per heavy atom. The van der Waals surface area contributed by atoms with Crippen molar-refractivity contribution in [2.24, 2.45) is 0 Å². The first-order chi connectivity index (χ1) is 16.3. The van der Waals surface area contributed by atoms with Crippen LogP contribution in [0.3, 0.4) is 0 Å². The summed E-state index contributed by atoms with van der Waals surface area (Å²) in [5, 5.41) is 1.30. The second kappa shape index (κ2) is 8.58. The zero-order valence-electron chi connectivity index (χ0n) is 19.0. The summed E-state index contributed by atoms with van der Waals surface area (Å²) in [4.78, 5) is 8.80. The van der Waals surface area contributed by atoms with E-state index in [9.17, 15) is 0 Å². The highest BCUT2D eigenvalue weighted by Gasteiger charge is 2.31. The highest BCUT2D eigenvalue weighted by Crippen LogP contribution is 2.41. The van der Waals surface area contributed by atoms with Gasteiger partial charge in [-0.3, -0.25) is 9.80 Å². The Kier molecular flexibility index (Phi) is 5.29. The molecule has 1 unspecified atom stereocenters. The first-order valence-electron chi connectivity index (χ1n) is 11.7. The Hall–Kier alpha value is -3.28. The number of H-pyrrole nitrogens is 1. The van der Waals surface area contributed by atoms with Gasteiger partial charge in [0, 0.05) is 54.9 Å². The quantitative estimate of drug-likeness (QED) is 0.469. The first kappa shape index (κ1) is 20.3. The molecule has 0 bridgehead atoms. The van der Waals surface area contributed by atoms with Gasteiger partial charge in [-0.1, -0.05) is 54.6 Å². The molecule has 5 heteroatoms. The molecule has 33 heavy (non-hydrogen) atoms. The summed E-state index contributed by atoms with van der Waals surface area (Å²) in [6.45, 7) is 7.65. The first-order valence-corrected chi connectivity index (χ1v) is 11.7. The molecule has 5 nitrogen and oxygen atoms in total. The molecule has 1 aromatic heterocycles. The van der Waals surface area contributed by atoms with Gasteiger partial charge < -0.3 is 14.5 Å². The number of fused-ring (bicyclic) bond motifs is 2. The number of para-hydroxylation sites is 1. The van der Waals surface area contributed by atoms with Crippen molar-refractivity contribution in [3.05, 3.63) is 95.2 Å². The maximum Gasteiger partial charge on any atom is 0.231 e. The molecule has 1 fully saturated rings. The Bertz CT molecular complexity index is 1260. The number of aryl methyl sites for hydroxylation is 1. The van der Waals surface area contributed by atoms with Crippen molar-refractivity contribution in [2.75, 3.05) is 33.0 Å². The molecule has 1 atom stereocenters. The van der Waals surface area contributed by atoms with Gasteiger partial charge in [-0.2, -0.15) is 0 Å². The van der Waals surface area contributed by atoms with Crippen LogP contribution in [0.5, 0.6) is 11.5 Å². The zero-order chi connectivity index (χ0) is 22.2. The lowest BCUT2D eigenvalue weighted by atomic mass is 9.93. The molecule has 2 aliphatic rings. The summed E-state index contributed by atoms with van der Waals surface area (Å²) in [7, 11) is 0. The van der Waals surface area contributed by atoms with E-state index in [0.717, 1.165) is 44.2 Å². The molecule has 3 aromatic carbocycles. The lowest BCUT2D eigenvalue weighted by Gasteiger charge is -2.40. The zero-order valence-corrected chi connectivity index (χ0v) is 19.0. The van der Waals surface area contributed by atoms with Crippen LogP contribution >= 0.6 is 0 Å². The van der Waals surface area contributed by atoms with Crippen molar-refractivity contribution in [2.45, 2.75) is 19.5 Å². The monoisotopic (exact) mass is 439 g/mol. The Morgan fingerprint density at radius 3 is 2.45 bits per heavy atom. The van der Waals surface area contributed by atoms with Crippen LogP contribution in [0.25, 0.3) is 10.9 Å². The van der Waals surface area contributed by atoms with Crippen molar-refractivity contribution in [1.82, 2.24) is 14.8 Å². The number of benzene rings is 3. The number of piperazine rings is 1. The Balaban J connectivity index is 1.33. The van der Waals surface area contributed by atoms with Crippen LogP contribution in [-0.2, 0) is 6.54 Å². The number of aromatic nitrogens is 1. The summed E-state index contributed by atoms with van der Waals surface area (Å²) in [5.74, 6) is 1.68. The third-order valence-corrected chi connectivity index (χ3v) is 6.95. The van der Waals surface area contributed by atoms with Crippen LogP contribution in [0.15, 0.2) is 72.8 Å². The molecule has 168 valence electrons. The van der Waals surface area contributed by atoms with Crippen LogP contribution in [0, 0.1) is 6.92 Å². The topological polar surface area (TPSA) is 40.7 Å². The number of nitrogens with zero attached hydrogens (tertiary/aromatic N) is 2. The van der Waals surface area contributed by atoms with E-state index in [1.54, 1.807) is 0 Å². The van der Waals surface area contributed by atoms with Crippen LogP contribution in [-0.4, -0.2) is 47.8 Å². The van der Waals surface area contributed by atoms with Crippen LogP contribution in [0.2, 0.25) is 0 Å². The van der Waals surface area contributed by atoms with Crippen molar-refractivity contribution in [3.8, 4) is 11.5 Å². The SMILES string of the molecule is Cc1[nH]c2ccccc2c1C(c1ccc2c(c1)OCO2)N1CCN(Cc2ccccc2)CC1. The number of rotatable bonds is 5. The van der Waals surface area contributed by atoms with Gasteiger partial charge in [0.05, 0.1) is 6.04 Å². The largest absolute Gasteiger partial charge is 0.454 e. The Morgan fingerprint density at radius 2 is 1.61 bits per heavy atom. The van der Waals surface area contributed by atoms with Gasteiger partial charge >= 0.3 is 0 Å². The summed E-state index contributed by atoms with van der Waals surface area (Å²) in [6.07, 6.45) is 0. The molecule has 0 radical (unpaired) electrons. The minimum atomic E-state index is 0.162. The molecule has 0 amide bonds. The number of nitrogens with one attached hydrogen (secondary N) is 1. The fourth-order valence-corrected chi connectivity index (χ4v) is 5.32. The standard InChI is InChI=1S/C28H29N3O2/c1-20-27(23-9-5-6-10-24(23)29-20)28(22-11-12-25-26(17-22)33-19-32-25)31-15-13-30(14-16-31)18-21-7-3-2-4-8-21/h2-12,17,28-29H,13-16,18-19H2,1H3. The van der Waals surface area contributed by atoms with E-state index in [-0.39, 0.29) is 6.04 Å². The van der Waals surface area contributed by atoms with E-state index < -0.39 is 0 Å². The third kappa shape index (κ3) is 3.88. The third-order valence-electron chi connectivity index (χ3n) is 6.95. The molecule has 0 aliphatic carbocycles. The molecule has 2 aliphatic heterocycles. The summed E-state index contributed by atoms with van der Waals surface area (Å²) < 4.78 is 11.3. The predicted molar refractivity (Wildman–Crippen MR) is 131 cm³/mol. The minimum absolute atomic E-state index is 0.162. The molecule has 4 aromatic rings. The molecule has 0 saturated carbocycles. The highest BCUT2D eigenvalue weighted by atomic mass is 16.7. The maximum absolute atomic E-state index is 5.74. The van der Waals surface area contributed by atoms with E-state index in [4.69, 9.17) is 9.47 Å². The van der Waals surface area contributed by atoms with Crippen molar-refractivity contribution >= 4 is 10.9 Å². The van der Waals surface area contributed by atoms with E-state index in [2.05, 4.69) is 94.5 Å². The van der Waals surface area contributed by atoms with Gasteiger partial charge in [0.15, 0.2) is 11.5 Å². The molecule has 3 heterocycles. The number of hydrogen-bond donors (Lipinski definition) is 1. The minimum Gasteiger partial charge on any atom is -0.454 e. The predicted octanol–water partition coefficient (Wildman–Crippen LogP) is 5.11. The van der Waals surface area contributed by atoms with Gasteiger partial charge in [-0.25, -0.2) is 0 Å². The average molecular weight is 440 g/mol. The molecular formula is C28H29N3O2. The fourth-order valence-electron chi connectivity index (χ4n) is 5.32. The highest BCUT2D eigenvalue weighted by molar-refractivity contribution is 5.85. The number of aromatic amines is 1. The molecule has 1 N–H and O–H groups in total. The van der Waals surface area contributed by atoms with Crippen LogP contribution in [0.1, 0.15) is 28.4 Å². The van der Waals surface area contributed by atoms with Crippen LogP contribution in [0.4, 0.5) is 0 Å². The maximum atomic E-state index is 5.74. The molecule has 6 rings (SSSR count). The van der Waals surface area contributed by atoms with E-state index in [1.807, 2.05) is 0 Å². The van der Waals surface area contributed by atoms with E-state index >= 15 is 0 Å². The second-order valence-corrected chi connectivity index (χ2v) is 9.02. The Labute approximate surface area is 194 Å². The lowest BCUT2D eigenvalue weighted by Crippen LogP contribution is -2.47. The second-order valence-electron chi connectivity index (χ2n) is 9.02. The normalized spacial score (nSPS) is 17.5. The molecular weight excluding hydrogens is 410 g/mol. The molecule has 1 saturated heterocycles. The number of ether oxygens (including phenoxy) is 2. The van der Waals surface area contributed by atoms with Crippen molar-refractivity contribution in [1.29, 1.82) is 0 Å². The lowest BCUT2D eigenvalue weighted by molar-refractivity contribution is 0.105. The van der Waals surface area contributed by atoms with Crippen molar-refractivity contribution < 1.29 is 9.47 Å². The van der Waals surface area contributed by atoms with Gasteiger partial charge in [0.25, 0.3) is 0 Å². The van der Waals surface area contributed by atoms with Gasteiger partial charge in [-0.05, 0) is 36.2 Å². The number of hydrogen-bond acceptors (Lipinski definition) is 4. The van der Waals surface area contributed by atoms with Gasteiger partial charge in [0.2, 0.25) is 6.79 Å². The summed E-state index contributed by atoms with van der Waals surface area (Å²) >= 11 is 0. The average Bonchev–Trinajstić information content (AvgIpc) is 3.45.